The number of halogens is 1. The molecule has 17 heavy (non-hydrogen) atoms. The standard InChI is InChI=1S/C13H19ClN2O/c1-9(2)5-10-6-12(14)15-13(7-10)16-4-3-11(17)8-16/h6-7,9,11,17H,3-5,8H2,1-2H3. The van der Waals surface area contributed by atoms with E-state index in [0.29, 0.717) is 17.6 Å². The molecule has 0 spiro atoms. The molecule has 1 aliphatic heterocycles. The van der Waals surface area contributed by atoms with Gasteiger partial charge in [0.25, 0.3) is 0 Å². The highest BCUT2D eigenvalue weighted by Crippen LogP contribution is 2.23. The number of aromatic nitrogens is 1. The number of β-amino-alcohol motifs (C(OH)–C–C–N with tert-alkyl or cyclic N) is 1. The fourth-order valence-electron chi connectivity index (χ4n) is 2.24. The molecule has 1 saturated heterocycles. The molecule has 0 saturated carbocycles. The van der Waals surface area contributed by atoms with Gasteiger partial charge in [0.15, 0.2) is 0 Å². The van der Waals surface area contributed by atoms with Gasteiger partial charge in [-0.2, -0.15) is 0 Å². The van der Waals surface area contributed by atoms with Gasteiger partial charge in [-0.05, 0) is 36.5 Å². The largest absolute Gasteiger partial charge is 0.391 e. The van der Waals surface area contributed by atoms with Gasteiger partial charge in [0.1, 0.15) is 11.0 Å². The van der Waals surface area contributed by atoms with Gasteiger partial charge in [-0.15, -0.1) is 0 Å². The molecule has 0 bridgehead atoms. The summed E-state index contributed by atoms with van der Waals surface area (Å²) in [4.78, 5) is 6.44. The number of hydrogen-bond acceptors (Lipinski definition) is 3. The first kappa shape index (κ1) is 12.7. The minimum atomic E-state index is -0.232. The topological polar surface area (TPSA) is 36.4 Å². The molecule has 4 heteroatoms. The van der Waals surface area contributed by atoms with Crippen molar-refractivity contribution in [2.75, 3.05) is 18.0 Å². The molecule has 2 heterocycles. The molecule has 0 amide bonds. The van der Waals surface area contributed by atoms with Crippen LogP contribution >= 0.6 is 11.6 Å². The maximum atomic E-state index is 9.54. The van der Waals surface area contributed by atoms with Crippen molar-refractivity contribution in [1.29, 1.82) is 0 Å². The summed E-state index contributed by atoms with van der Waals surface area (Å²) in [5.41, 5.74) is 1.22. The van der Waals surface area contributed by atoms with E-state index in [2.05, 4.69) is 29.8 Å². The molecule has 1 aromatic heterocycles. The van der Waals surface area contributed by atoms with Gasteiger partial charge in [0, 0.05) is 13.1 Å². The Morgan fingerprint density at radius 2 is 2.29 bits per heavy atom. The lowest BCUT2D eigenvalue weighted by atomic mass is 10.0. The maximum Gasteiger partial charge on any atom is 0.131 e. The summed E-state index contributed by atoms with van der Waals surface area (Å²) in [7, 11) is 0. The summed E-state index contributed by atoms with van der Waals surface area (Å²) in [6.07, 6.45) is 1.59. The molecule has 1 N–H and O–H groups in total. The monoisotopic (exact) mass is 254 g/mol. The maximum absolute atomic E-state index is 9.54. The zero-order valence-electron chi connectivity index (χ0n) is 10.4. The first-order valence-corrected chi connectivity index (χ1v) is 6.52. The molecular formula is C13H19ClN2O. The Hall–Kier alpha value is -0.800. The van der Waals surface area contributed by atoms with Gasteiger partial charge in [-0.1, -0.05) is 25.4 Å². The Morgan fingerprint density at radius 3 is 2.88 bits per heavy atom. The lowest BCUT2D eigenvalue weighted by molar-refractivity contribution is 0.198. The number of hydrogen-bond donors (Lipinski definition) is 1. The Balaban J connectivity index is 2.19. The minimum absolute atomic E-state index is 0.232. The summed E-state index contributed by atoms with van der Waals surface area (Å²) in [6.45, 7) is 5.89. The third-order valence-electron chi connectivity index (χ3n) is 2.97. The molecule has 1 unspecified atom stereocenters. The summed E-state index contributed by atoms with van der Waals surface area (Å²) >= 11 is 6.05. The van der Waals surface area contributed by atoms with Gasteiger partial charge in [-0.25, -0.2) is 4.98 Å². The molecule has 94 valence electrons. The molecule has 1 aliphatic rings. The van der Waals surface area contributed by atoms with Crippen LogP contribution < -0.4 is 4.90 Å². The smallest absolute Gasteiger partial charge is 0.131 e. The number of aliphatic hydroxyl groups excluding tert-OH is 1. The molecule has 0 aliphatic carbocycles. The van der Waals surface area contributed by atoms with Crippen LogP contribution in [0.2, 0.25) is 5.15 Å². The zero-order chi connectivity index (χ0) is 12.4. The van der Waals surface area contributed by atoms with Gasteiger partial charge >= 0.3 is 0 Å². The van der Waals surface area contributed by atoms with E-state index >= 15 is 0 Å². The van der Waals surface area contributed by atoms with Crippen molar-refractivity contribution in [2.45, 2.75) is 32.8 Å². The SMILES string of the molecule is CC(C)Cc1cc(Cl)nc(N2CCC(O)C2)c1. The number of aliphatic hydroxyl groups is 1. The molecule has 0 aromatic carbocycles. The van der Waals surface area contributed by atoms with Gasteiger partial charge in [-0.3, -0.25) is 0 Å². The number of anilines is 1. The number of rotatable bonds is 3. The Labute approximate surface area is 107 Å². The summed E-state index contributed by atoms with van der Waals surface area (Å²) in [5, 5.41) is 10.1. The van der Waals surface area contributed by atoms with E-state index in [1.165, 1.54) is 5.56 Å². The van der Waals surface area contributed by atoms with Crippen LogP contribution in [0.25, 0.3) is 0 Å². The highest BCUT2D eigenvalue weighted by Gasteiger charge is 2.21. The van der Waals surface area contributed by atoms with Crippen molar-refractivity contribution in [1.82, 2.24) is 4.98 Å². The molecule has 0 radical (unpaired) electrons. The van der Waals surface area contributed by atoms with E-state index < -0.39 is 0 Å². The van der Waals surface area contributed by atoms with Crippen molar-refractivity contribution < 1.29 is 5.11 Å². The Bertz CT molecular complexity index is 395. The van der Waals surface area contributed by atoms with Crippen molar-refractivity contribution >= 4 is 17.4 Å². The molecule has 3 nitrogen and oxygen atoms in total. The van der Waals surface area contributed by atoms with E-state index in [9.17, 15) is 5.11 Å². The van der Waals surface area contributed by atoms with Crippen LogP contribution in [-0.4, -0.2) is 29.3 Å². The lowest BCUT2D eigenvalue weighted by Crippen LogP contribution is -2.22. The summed E-state index contributed by atoms with van der Waals surface area (Å²) < 4.78 is 0. The van der Waals surface area contributed by atoms with Crippen LogP contribution in [0.15, 0.2) is 12.1 Å². The average Bonchev–Trinajstić information content (AvgIpc) is 2.62. The number of pyridine rings is 1. The van der Waals surface area contributed by atoms with E-state index in [1.807, 2.05) is 6.07 Å². The van der Waals surface area contributed by atoms with Gasteiger partial charge < -0.3 is 10.0 Å². The highest BCUT2D eigenvalue weighted by atomic mass is 35.5. The second-order valence-corrected chi connectivity index (χ2v) is 5.53. The third kappa shape index (κ3) is 3.33. The zero-order valence-corrected chi connectivity index (χ0v) is 11.1. The van der Waals surface area contributed by atoms with Gasteiger partial charge in [0.2, 0.25) is 0 Å². The molecule has 1 fully saturated rings. The van der Waals surface area contributed by atoms with E-state index in [4.69, 9.17) is 11.6 Å². The Morgan fingerprint density at radius 1 is 1.53 bits per heavy atom. The second kappa shape index (κ2) is 5.23. The predicted molar refractivity (Wildman–Crippen MR) is 70.6 cm³/mol. The quantitative estimate of drug-likeness (QED) is 0.842. The molecule has 1 atom stereocenters. The van der Waals surface area contributed by atoms with E-state index in [-0.39, 0.29) is 6.10 Å². The molecule has 1 aromatic rings. The van der Waals surface area contributed by atoms with Crippen LogP contribution in [-0.2, 0) is 6.42 Å². The van der Waals surface area contributed by atoms with Crippen LogP contribution in [0.1, 0.15) is 25.8 Å². The normalized spacial score (nSPS) is 20.3. The highest BCUT2D eigenvalue weighted by molar-refractivity contribution is 6.29. The van der Waals surface area contributed by atoms with E-state index in [1.54, 1.807) is 0 Å². The first-order chi connectivity index (χ1) is 8.04. The van der Waals surface area contributed by atoms with E-state index in [0.717, 1.165) is 25.2 Å². The fraction of sp³-hybridized carbons (Fsp3) is 0.615. The van der Waals surface area contributed by atoms with Crippen molar-refractivity contribution in [3.05, 3.63) is 22.8 Å². The fourth-order valence-corrected chi connectivity index (χ4v) is 2.46. The second-order valence-electron chi connectivity index (χ2n) is 5.14. The van der Waals surface area contributed by atoms with Crippen LogP contribution in [0.4, 0.5) is 5.82 Å². The molecule has 2 rings (SSSR count). The first-order valence-electron chi connectivity index (χ1n) is 6.14. The summed E-state index contributed by atoms with van der Waals surface area (Å²) in [5.74, 6) is 1.50. The Kier molecular flexibility index (Phi) is 3.89. The lowest BCUT2D eigenvalue weighted by Gasteiger charge is -2.18. The summed E-state index contributed by atoms with van der Waals surface area (Å²) in [6, 6.07) is 4.02. The molecular weight excluding hydrogens is 236 g/mol. The average molecular weight is 255 g/mol. The minimum Gasteiger partial charge on any atom is -0.391 e. The number of nitrogens with zero attached hydrogens (tertiary/aromatic N) is 2. The van der Waals surface area contributed by atoms with Gasteiger partial charge in [0.05, 0.1) is 6.10 Å². The van der Waals surface area contributed by atoms with Crippen molar-refractivity contribution in [3.8, 4) is 0 Å². The van der Waals surface area contributed by atoms with Crippen LogP contribution in [0.3, 0.4) is 0 Å². The van der Waals surface area contributed by atoms with Crippen molar-refractivity contribution in [2.24, 2.45) is 5.92 Å². The van der Waals surface area contributed by atoms with Crippen LogP contribution in [0.5, 0.6) is 0 Å². The van der Waals surface area contributed by atoms with Crippen LogP contribution in [0, 0.1) is 5.92 Å². The third-order valence-corrected chi connectivity index (χ3v) is 3.17. The van der Waals surface area contributed by atoms with Crippen molar-refractivity contribution in [3.63, 3.8) is 0 Å². The predicted octanol–water partition coefficient (Wildman–Crippen LogP) is 2.50.